The third-order valence-electron chi connectivity index (χ3n) is 5.51. The van der Waals surface area contributed by atoms with Gasteiger partial charge in [-0.1, -0.05) is 85.8 Å². The van der Waals surface area contributed by atoms with Crippen molar-refractivity contribution in [1.29, 1.82) is 0 Å². The second-order valence-corrected chi connectivity index (χ2v) is 7.37. The molecule has 146 valence electrons. The maximum atomic E-state index is 12.8. The molecular weight excluding hydrogens is 356 g/mol. The third-order valence-corrected chi connectivity index (χ3v) is 5.51. The molecule has 1 amide bonds. The van der Waals surface area contributed by atoms with Gasteiger partial charge in [0.1, 0.15) is 0 Å². The van der Waals surface area contributed by atoms with Crippen LogP contribution in [0.25, 0.3) is 10.9 Å². The van der Waals surface area contributed by atoms with E-state index in [1.54, 1.807) is 0 Å². The van der Waals surface area contributed by atoms with Crippen LogP contribution in [-0.2, 0) is 17.8 Å². The van der Waals surface area contributed by atoms with Crippen molar-refractivity contribution < 1.29 is 4.79 Å². The average molecular weight is 383 g/mol. The van der Waals surface area contributed by atoms with Gasteiger partial charge in [0.2, 0.25) is 5.91 Å². The molecule has 0 fully saturated rings. The number of aromatic nitrogens is 1. The molecule has 0 saturated carbocycles. The van der Waals surface area contributed by atoms with Crippen LogP contribution in [0.1, 0.15) is 41.5 Å². The van der Waals surface area contributed by atoms with Crippen molar-refractivity contribution >= 4 is 16.8 Å². The van der Waals surface area contributed by atoms with Crippen LogP contribution < -0.4 is 5.32 Å². The summed E-state index contributed by atoms with van der Waals surface area (Å²) >= 11 is 0. The maximum Gasteiger partial charge on any atom is 0.221 e. The smallest absolute Gasteiger partial charge is 0.221 e. The van der Waals surface area contributed by atoms with E-state index in [9.17, 15) is 4.79 Å². The molecule has 1 atom stereocenters. The maximum absolute atomic E-state index is 12.8. The summed E-state index contributed by atoms with van der Waals surface area (Å²) < 4.78 is 0. The Morgan fingerprint density at radius 3 is 2.38 bits per heavy atom. The monoisotopic (exact) mass is 382 g/mol. The van der Waals surface area contributed by atoms with Crippen LogP contribution >= 0.6 is 0 Å². The minimum atomic E-state index is 0.00725. The molecule has 3 aromatic carbocycles. The first-order valence-electron chi connectivity index (χ1n) is 10.2. The van der Waals surface area contributed by atoms with E-state index in [1.807, 2.05) is 48.5 Å². The Bertz CT molecular complexity index is 1080. The number of aromatic amines is 1. The van der Waals surface area contributed by atoms with Gasteiger partial charge in [-0.2, -0.15) is 0 Å². The first-order valence-corrected chi connectivity index (χ1v) is 10.2. The number of rotatable bonds is 7. The summed E-state index contributed by atoms with van der Waals surface area (Å²) in [5, 5.41) is 4.29. The number of amides is 1. The van der Waals surface area contributed by atoms with Crippen molar-refractivity contribution in [1.82, 2.24) is 10.3 Å². The topological polar surface area (TPSA) is 44.9 Å². The number of hydrogen-bond acceptors (Lipinski definition) is 1. The molecule has 0 radical (unpaired) electrons. The van der Waals surface area contributed by atoms with E-state index >= 15 is 0 Å². The molecule has 3 nitrogen and oxygen atoms in total. The van der Waals surface area contributed by atoms with Crippen molar-refractivity contribution in [3.05, 3.63) is 107 Å². The second-order valence-electron chi connectivity index (χ2n) is 7.37. The number of nitrogens with one attached hydrogen (secondary N) is 2. The van der Waals surface area contributed by atoms with Crippen LogP contribution in [0.2, 0.25) is 0 Å². The third kappa shape index (κ3) is 4.24. The van der Waals surface area contributed by atoms with Crippen LogP contribution in [0.5, 0.6) is 0 Å². The first kappa shape index (κ1) is 19.0. The quantitative estimate of drug-likeness (QED) is 0.431. The standard InChI is InChI=1S/C26H26N2O/c1-2-20-14-9-15-22-24(18-28-26(20)22)23(21-12-7-4-8-13-21)16-25(29)27-17-19-10-5-3-6-11-19/h3-15,18,23,28H,2,16-17H2,1H3,(H,27,29). The largest absolute Gasteiger partial charge is 0.361 e. The van der Waals surface area contributed by atoms with Gasteiger partial charge in [-0.15, -0.1) is 0 Å². The van der Waals surface area contributed by atoms with Gasteiger partial charge in [0, 0.05) is 36.0 Å². The molecule has 29 heavy (non-hydrogen) atoms. The molecule has 0 bridgehead atoms. The molecule has 0 aliphatic carbocycles. The van der Waals surface area contributed by atoms with Gasteiger partial charge in [0.15, 0.2) is 0 Å². The zero-order valence-corrected chi connectivity index (χ0v) is 16.7. The fraction of sp³-hybridized carbons (Fsp3) is 0.192. The van der Waals surface area contributed by atoms with Crippen molar-refractivity contribution in [2.24, 2.45) is 0 Å². The highest BCUT2D eigenvalue weighted by atomic mass is 16.1. The predicted octanol–water partition coefficient (Wildman–Crippen LogP) is 5.57. The van der Waals surface area contributed by atoms with Crippen LogP contribution in [0.15, 0.2) is 85.1 Å². The predicted molar refractivity (Wildman–Crippen MR) is 119 cm³/mol. The lowest BCUT2D eigenvalue weighted by Crippen LogP contribution is -2.24. The molecule has 1 aromatic heterocycles. The Kier molecular flexibility index (Phi) is 5.76. The SMILES string of the molecule is CCc1cccc2c(C(CC(=O)NCc3ccccc3)c3ccccc3)c[nH]c12. The van der Waals surface area contributed by atoms with Gasteiger partial charge in [-0.05, 0) is 28.7 Å². The molecule has 0 saturated heterocycles. The fourth-order valence-corrected chi connectivity index (χ4v) is 3.97. The molecule has 2 N–H and O–H groups in total. The van der Waals surface area contributed by atoms with Gasteiger partial charge in [0.05, 0.1) is 0 Å². The van der Waals surface area contributed by atoms with E-state index in [0.717, 1.165) is 17.5 Å². The lowest BCUT2D eigenvalue weighted by Gasteiger charge is -2.17. The molecule has 4 aromatic rings. The molecule has 3 heteroatoms. The highest BCUT2D eigenvalue weighted by Gasteiger charge is 2.21. The summed E-state index contributed by atoms with van der Waals surface area (Å²) in [6.07, 6.45) is 3.47. The summed E-state index contributed by atoms with van der Waals surface area (Å²) in [5.74, 6) is 0.0662. The van der Waals surface area contributed by atoms with E-state index in [2.05, 4.69) is 53.8 Å². The summed E-state index contributed by atoms with van der Waals surface area (Å²) in [7, 11) is 0. The number of aryl methyl sites for hydroxylation is 1. The minimum Gasteiger partial charge on any atom is -0.361 e. The van der Waals surface area contributed by atoms with Gasteiger partial charge in [0.25, 0.3) is 0 Å². The first-order chi connectivity index (χ1) is 14.3. The van der Waals surface area contributed by atoms with Crippen molar-refractivity contribution in [3.63, 3.8) is 0 Å². The van der Waals surface area contributed by atoms with Gasteiger partial charge in [-0.25, -0.2) is 0 Å². The Balaban J connectivity index is 1.62. The van der Waals surface area contributed by atoms with Crippen molar-refractivity contribution in [2.75, 3.05) is 0 Å². The van der Waals surface area contributed by atoms with Crippen LogP contribution in [0, 0.1) is 0 Å². The molecule has 1 heterocycles. The summed E-state index contributed by atoms with van der Waals surface area (Å²) in [4.78, 5) is 16.3. The van der Waals surface area contributed by atoms with Gasteiger partial charge < -0.3 is 10.3 Å². The average Bonchev–Trinajstić information content (AvgIpc) is 3.21. The number of benzene rings is 3. The number of fused-ring (bicyclic) bond motifs is 1. The highest BCUT2D eigenvalue weighted by molar-refractivity contribution is 5.88. The normalized spacial score (nSPS) is 12.0. The highest BCUT2D eigenvalue weighted by Crippen LogP contribution is 2.34. The van der Waals surface area contributed by atoms with E-state index < -0.39 is 0 Å². The number of para-hydroxylation sites is 1. The summed E-state index contributed by atoms with van der Waals surface area (Å²) in [5.41, 5.74) is 5.92. The van der Waals surface area contributed by atoms with Gasteiger partial charge in [-0.3, -0.25) is 4.79 Å². The number of hydrogen-bond donors (Lipinski definition) is 2. The zero-order chi connectivity index (χ0) is 20.1. The molecule has 0 aliphatic heterocycles. The van der Waals surface area contributed by atoms with E-state index in [0.29, 0.717) is 13.0 Å². The number of carbonyl (C=O) groups excluding carboxylic acids is 1. The van der Waals surface area contributed by atoms with E-state index in [4.69, 9.17) is 0 Å². The molecule has 1 unspecified atom stereocenters. The number of H-pyrrole nitrogens is 1. The Morgan fingerprint density at radius 1 is 0.931 bits per heavy atom. The van der Waals surface area contributed by atoms with Crippen LogP contribution in [-0.4, -0.2) is 10.9 Å². The van der Waals surface area contributed by atoms with E-state index in [1.165, 1.54) is 22.0 Å². The van der Waals surface area contributed by atoms with Crippen molar-refractivity contribution in [2.45, 2.75) is 32.2 Å². The fourth-order valence-electron chi connectivity index (χ4n) is 3.97. The Labute approximate surface area is 171 Å². The van der Waals surface area contributed by atoms with Crippen LogP contribution in [0.4, 0.5) is 0 Å². The molecule has 0 aliphatic rings. The lowest BCUT2D eigenvalue weighted by atomic mass is 9.87. The van der Waals surface area contributed by atoms with E-state index in [-0.39, 0.29) is 11.8 Å². The zero-order valence-electron chi connectivity index (χ0n) is 16.7. The summed E-state index contributed by atoms with van der Waals surface area (Å²) in [6, 6.07) is 26.8. The lowest BCUT2D eigenvalue weighted by molar-refractivity contribution is -0.121. The molecule has 4 rings (SSSR count). The molecular formula is C26H26N2O. The Hall–Kier alpha value is -3.33. The number of carbonyl (C=O) groups is 1. The second kappa shape index (κ2) is 8.78. The Morgan fingerprint density at radius 2 is 1.66 bits per heavy atom. The summed E-state index contributed by atoms with van der Waals surface area (Å²) in [6.45, 7) is 2.72. The van der Waals surface area contributed by atoms with Crippen molar-refractivity contribution in [3.8, 4) is 0 Å². The van der Waals surface area contributed by atoms with Crippen LogP contribution in [0.3, 0.4) is 0 Å². The minimum absolute atomic E-state index is 0.00725. The van der Waals surface area contributed by atoms with Gasteiger partial charge >= 0.3 is 0 Å². The molecule has 0 spiro atoms.